The van der Waals surface area contributed by atoms with Crippen LogP contribution in [0.2, 0.25) is 0 Å². The van der Waals surface area contributed by atoms with E-state index in [1.54, 1.807) is 0 Å². The van der Waals surface area contributed by atoms with Crippen LogP contribution in [0, 0.1) is 0 Å². The van der Waals surface area contributed by atoms with Gasteiger partial charge in [0.1, 0.15) is 23.1 Å². The molecule has 1 N–H and O–H groups in total. The maximum atomic E-state index is 5.80. The smallest absolute Gasteiger partial charge is 0.127 e. The van der Waals surface area contributed by atoms with Crippen LogP contribution in [-0.2, 0) is 6.42 Å². The largest absolute Gasteiger partial charge is 0.493 e. The summed E-state index contributed by atoms with van der Waals surface area (Å²) in [6.45, 7) is 0.568. The molecule has 0 aliphatic rings. The predicted molar refractivity (Wildman–Crippen MR) is 98.3 cm³/mol. The zero-order chi connectivity index (χ0) is 16.9. The fraction of sp³-hybridized carbons (Fsp3) is 0.0952. The summed E-state index contributed by atoms with van der Waals surface area (Å²) in [5.41, 5.74) is 2.04. The van der Waals surface area contributed by atoms with Gasteiger partial charge in [0.15, 0.2) is 0 Å². The number of imidazole rings is 1. The molecule has 4 nitrogen and oxygen atoms in total. The molecule has 4 rings (SSSR count). The summed E-state index contributed by atoms with van der Waals surface area (Å²) >= 11 is 0. The first-order valence-electron chi connectivity index (χ1n) is 8.26. The fourth-order valence-corrected chi connectivity index (χ4v) is 2.62. The molecule has 1 heterocycles. The van der Waals surface area contributed by atoms with Gasteiger partial charge in [-0.25, -0.2) is 4.98 Å². The Balaban J connectivity index is 1.32. The topological polar surface area (TPSA) is 47.1 Å². The number of hydrogen-bond donors (Lipinski definition) is 1. The average Bonchev–Trinajstić information content (AvgIpc) is 3.07. The molecule has 0 aliphatic heterocycles. The molecule has 3 aromatic carbocycles. The van der Waals surface area contributed by atoms with Crippen LogP contribution in [0.3, 0.4) is 0 Å². The number of benzene rings is 3. The van der Waals surface area contributed by atoms with E-state index >= 15 is 0 Å². The maximum absolute atomic E-state index is 5.80. The second kappa shape index (κ2) is 7.09. The minimum absolute atomic E-state index is 0.568. The quantitative estimate of drug-likeness (QED) is 0.542. The van der Waals surface area contributed by atoms with Crippen molar-refractivity contribution in [1.82, 2.24) is 9.97 Å². The number of aromatic nitrogens is 2. The molecule has 0 unspecified atom stereocenters. The molecule has 4 heteroatoms. The van der Waals surface area contributed by atoms with E-state index in [1.807, 2.05) is 78.9 Å². The molecule has 4 aromatic rings. The number of H-pyrrole nitrogens is 1. The van der Waals surface area contributed by atoms with Crippen molar-refractivity contribution in [1.29, 1.82) is 0 Å². The summed E-state index contributed by atoms with van der Waals surface area (Å²) in [5.74, 6) is 3.36. The van der Waals surface area contributed by atoms with Crippen molar-refractivity contribution in [2.24, 2.45) is 0 Å². The third kappa shape index (κ3) is 3.80. The molecule has 0 radical (unpaired) electrons. The van der Waals surface area contributed by atoms with E-state index in [1.165, 1.54) is 0 Å². The third-order valence-electron chi connectivity index (χ3n) is 3.85. The van der Waals surface area contributed by atoms with Gasteiger partial charge in [0.2, 0.25) is 0 Å². The molecule has 0 amide bonds. The van der Waals surface area contributed by atoms with Gasteiger partial charge in [-0.3, -0.25) is 0 Å². The summed E-state index contributed by atoms with van der Waals surface area (Å²) in [4.78, 5) is 7.86. The summed E-state index contributed by atoms with van der Waals surface area (Å²) in [7, 11) is 0. The van der Waals surface area contributed by atoms with Crippen LogP contribution in [0.5, 0.6) is 17.2 Å². The summed E-state index contributed by atoms with van der Waals surface area (Å²) in [6, 6.07) is 25.4. The van der Waals surface area contributed by atoms with Crippen LogP contribution in [-0.4, -0.2) is 16.6 Å². The van der Waals surface area contributed by atoms with Crippen molar-refractivity contribution in [3.05, 3.63) is 84.7 Å². The first kappa shape index (κ1) is 15.3. The maximum Gasteiger partial charge on any atom is 0.127 e. The Morgan fingerprint density at radius 2 is 1.40 bits per heavy atom. The SMILES string of the molecule is c1ccc(Oc2ccc(OCCc3nc4ccccc4[nH]3)cc2)cc1. The van der Waals surface area contributed by atoms with Crippen LogP contribution in [0.1, 0.15) is 5.82 Å². The lowest BCUT2D eigenvalue weighted by molar-refractivity contribution is 0.319. The monoisotopic (exact) mass is 330 g/mol. The lowest BCUT2D eigenvalue weighted by Gasteiger charge is -2.08. The molecule has 124 valence electrons. The van der Waals surface area contributed by atoms with Gasteiger partial charge in [-0.2, -0.15) is 0 Å². The zero-order valence-corrected chi connectivity index (χ0v) is 13.7. The van der Waals surface area contributed by atoms with E-state index in [-0.39, 0.29) is 0 Å². The molecule has 0 saturated carbocycles. The number of ether oxygens (including phenoxy) is 2. The number of para-hydroxylation sites is 3. The Morgan fingerprint density at radius 3 is 2.20 bits per heavy atom. The van der Waals surface area contributed by atoms with Gasteiger partial charge in [0.25, 0.3) is 0 Å². The molecular formula is C21H18N2O2. The van der Waals surface area contributed by atoms with Crippen LogP contribution >= 0.6 is 0 Å². The molecule has 1 aromatic heterocycles. The summed E-state index contributed by atoms with van der Waals surface area (Å²) < 4.78 is 11.6. The Labute approximate surface area is 146 Å². The standard InChI is InChI=1S/C21H18N2O2/c1-2-6-17(7-3-1)25-18-12-10-16(11-13-18)24-15-14-21-22-19-8-4-5-9-20(19)23-21/h1-13H,14-15H2,(H,22,23). The summed E-state index contributed by atoms with van der Waals surface area (Å²) in [5, 5.41) is 0. The molecule has 0 spiro atoms. The first-order valence-corrected chi connectivity index (χ1v) is 8.26. The lowest BCUT2D eigenvalue weighted by atomic mass is 10.3. The molecule has 25 heavy (non-hydrogen) atoms. The minimum Gasteiger partial charge on any atom is -0.493 e. The minimum atomic E-state index is 0.568. The second-order valence-electron chi connectivity index (χ2n) is 5.69. The number of nitrogens with zero attached hydrogens (tertiary/aromatic N) is 1. The number of fused-ring (bicyclic) bond motifs is 1. The highest BCUT2D eigenvalue weighted by Gasteiger charge is 2.03. The van der Waals surface area contributed by atoms with Gasteiger partial charge in [-0.1, -0.05) is 30.3 Å². The average molecular weight is 330 g/mol. The summed E-state index contributed by atoms with van der Waals surface area (Å²) in [6.07, 6.45) is 0.733. The molecule has 0 saturated heterocycles. The molecule has 0 fully saturated rings. The van der Waals surface area contributed by atoms with Gasteiger partial charge < -0.3 is 14.5 Å². The fourth-order valence-electron chi connectivity index (χ4n) is 2.62. The molecule has 0 aliphatic carbocycles. The van der Waals surface area contributed by atoms with Crippen LogP contribution < -0.4 is 9.47 Å². The van der Waals surface area contributed by atoms with Crippen molar-refractivity contribution < 1.29 is 9.47 Å². The van der Waals surface area contributed by atoms with E-state index < -0.39 is 0 Å². The number of hydrogen-bond acceptors (Lipinski definition) is 3. The highest BCUT2D eigenvalue weighted by atomic mass is 16.5. The van der Waals surface area contributed by atoms with Crippen molar-refractivity contribution in [3.63, 3.8) is 0 Å². The van der Waals surface area contributed by atoms with E-state index in [0.29, 0.717) is 6.61 Å². The van der Waals surface area contributed by atoms with Crippen molar-refractivity contribution in [2.75, 3.05) is 6.61 Å². The Morgan fingerprint density at radius 1 is 0.720 bits per heavy atom. The van der Waals surface area contributed by atoms with E-state index in [2.05, 4.69) is 9.97 Å². The van der Waals surface area contributed by atoms with Crippen molar-refractivity contribution in [3.8, 4) is 17.2 Å². The van der Waals surface area contributed by atoms with Crippen LogP contribution in [0.4, 0.5) is 0 Å². The van der Waals surface area contributed by atoms with Crippen LogP contribution in [0.15, 0.2) is 78.9 Å². The van der Waals surface area contributed by atoms with E-state index in [9.17, 15) is 0 Å². The highest BCUT2D eigenvalue weighted by Crippen LogP contribution is 2.23. The second-order valence-corrected chi connectivity index (χ2v) is 5.69. The normalized spacial score (nSPS) is 10.7. The van der Waals surface area contributed by atoms with Gasteiger partial charge in [-0.15, -0.1) is 0 Å². The highest BCUT2D eigenvalue weighted by molar-refractivity contribution is 5.74. The number of nitrogens with one attached hydrogen (secondary N) is 1. The third-order valence-corrected chi connectivity index (χ3v) is 3.85. The van der Waals surface area contributed by atoms with Gasteiger partial charge in [-0.05, 0) is 48.5 Å². The number of aromatic amines is 1. The molecular weight excluding hydrogens is 312 g/mol. The number of rotatable bonds is 6. The first-order chi connectivity index (χ1) is 12.4. The lowest BCUT2D eigenvalue weighted by Crippen LogP contribution is -2.02. The Hall–Kier alpha value is -3.27. The predicted octanol–water partition coefficient (Wildman–Crippen LogP) is 4.98. The molecule has 0 bridgehead atoms. The van der Waals surface area contributed by atoms with Crippen molar-refractivity contribution in [2.45, 2.75) is 6.42 Å². The van der Waals surface area contributed by atoms with Gasteiger partial charge in [0, 0.05) is 6.42 Å². The zero-order valence-electron chi connectivity index (χ0n) is 13.7. The van der Waals surface area contributed by atoms with Gasteiger partial charge in [0.05, 0.1) is 17.6 Å². The molecule has 0 atom stereocenters. The van der Waals surface area contributed by atoms with Crippen LogP contribution in [0.25, 0.3) is 11.0 Å². The Kier molecular flexibility index (Phi) is 4.33. The van der Waals surface area contributed by atoms with Gasteiger partial charge >= 0.3 is 0 Å². The Bertz CT molecular complexity index is 913. The van der Waals surface area contributed by atoms with Crippen molar-refractivity contribution >= 4 is 11.0 Å². The van der Waals surface area contributed by atoms with E-state index in [4.69, 9.17) is 9.47 Å². The van der Waals surface area contributed by atoms with E-state index in [0.717, 1.165) is 40.5 Å².